The second kappa shape index (κ2) is 6.36. The maximum absolute atomic E-state index is 11.6. The third-order valence-corrected chi connectivity index (χ3v) is 3.35. The van der Waals surface area contributed by atoms with Crippen molar-refractivity contribution in [2.45, 2.75) is 57.5 Å². The number of carbonyl (C=O) groups is 1. The van der Waals surface area contributed by atoms with Crippen molar-refractivity contribution in [2.75, 3.05) is 20.1 Å². The topological polar surface area (TPSA) is 58.4 Å². The summed E-state index contributed by atoms with van der Waals surface area (Å²) in [5.74, 6) is 0.0531. The van der Waals surface area contributed by atoms with Crippen LogP contribution in [0.15, 0.2) is 0 Å². The Labute approximate surface area is 105 Å². The van der Waals surface area contributed by atoms with Gasteiger partial charge in [0.15, 0.2) is 0 Å². The van der Waals surface area contributed by atoms with Crippen LogP contribution in [0.2, 0.25) is 0 Å². The minimum Gasteiger partial charge on any atom is -0.355 e. The maximum atomic E-state index is 11.6. The minimum atomic E-state index is -0.415. The standard InChI is InChI=1S/C13H27N3O/c1-13(2,14)10-12(17)15-8-9-16(3)11-6-4-5-7-11/h11H,4-10,14H2,1-3H3,(H,15,17). The second-order valence-electron chi connectivity index (χ2n) is 5.93. The van der Waals surface area contributed by atoms with Gasteiger partial charge in [-0.15, -0.1) is 0 Å². The van der Waals surface area contributed by atoms with Crippen LogP contribution in [0.5, 0.6) is 0 Å². The summed E-state index contributed by atoms with van der Waals surface area (Å²) in [5, 5.41) is 2.93. The van der Waals surface area contributed by atoms with E-state index in [9.17, 15) is 4.79 Å². The van der Waals surface area contributed by atoms with Gasteiger partial charge < -0.3 is 16.0 Å². The average Bonchev–Trinajstić information content (AvgIpc) is 2.66. The molecule has 17 heavy (non-hydrogen) atoms. The first-order valence-electron chi connectivity index (χ1n) is 6.64. The lowest BCUT2D eigenvalue weighted by Crippen LogP contribution is -2.42. The molecule has 1 fully saturated rings. The highest BCUT2D eigenvalue weighted by molar-refractivity contribution is 5.77. The number of nitrogens with two attached hydrogens (primary N) is 1. The molecule has 1 rings (SSSR count). The van der Waals surface area contributed by atoms with Crippen molar-refractivity contribution in [3.63, 3.8) is 0 Å². The maximum Gasteiger partial charge on any atom is 0.221 e. The number of rotatable bonds is 6. The molecule has 0 saturated heterocycles. The molecule has 0 aliphatic heterocycles. The summed E-state index contributed by atoms with van der Waals surface area (Å²) in [5.41, 5.74) is 5.38. The van der Waals surface area contributed by atoms with Gasteiger partial charge in [-0.2, -0.15) is 0 Å². The number of carbonyl (C=O) groups excluding carboxylic acids is 1. The van der Waals surface area contributed by atoms with Crippen molar-refractivity contribution in [1.29, 1.82) is 0 Å². The zero-order valence-corrected chi connectivity index (χ0v) is 11.5. The van der Waals surface area contributed by atoms with Gasteiger partial charge in [0, 0.05) is 31.1 Å². The van der Waals surface area contributed by atoms with Crippen LogP contribution >= 0.6 is 0 Å². The Hall–Kier alpha value is -0.610. The molecule has 0 spiro atoms. The van der Waals surface area contributed by atoms with Crippen LogP contribution in [0.3, 0.4) is 0 Å². The molecule has 1 saturated carbocycles. The fraction of sp³-hybridized carbons (Fsp3) is 0.923. The summed E-state index contributed by atoms with van der Waals surface area (Å²) in [6.07, 6.45) is 5.70. The molecular formula is C13H27N3O. The van der Waals surface area contributed by atoms with Crippen molar-refractivity contribution in [3.8, 4) is 0 Å². The van der Waals surface area contributed by atoms with Crippen molar-refractivity contribution < 1.29 is 4.79 Å². The van der Waals surface area contributed by atoms with Crippen LogP contribution in [0.1, 0.15) is 46.0 Å². The summed E-state index contributed by atoms with van der Waals surface area (Å²) < 4.78 is 0. The van der Waals surface area contributed by atoms with E-state index in [0.717, 1.165) is 19.1 Å². The molecule has 0 bridgehead atoms. The smallest absolute Gasteiger partial charge is 0.221 e. The largest absolute Gasteiger partial charge is 0.355 e. The molecule has 0 aromatic heterocycles. The third kappa shape index (κ3) is 6.03. The van der Waals surface area contributed by atoms with Crippen LogP contribution in [-0.4, -0.2) is 42.5 Å². The van der Waals surface area contributed by atoms with Gasteiger partial charge in [0.05, 0.1) is 0 Å². The summed E-state index contributed by atoms with van der Waals surface area (Å²) in [6.45, 7) is 5.40. The molecule has 0 atom stereocenters. The van der Waals surface area contributed by atoms with Gasteiger partial charge in [-0.05, 0) is 33.7 Å². The zero-order valence-electron chi connectivity index (χ0n) is 11.5. The molecule has 1 amide bonds. The molecule has 0 unspecified atom stereocenters. The van der Waals surface area contributed by atoms with Crippen molar-refractivity contribution >= 4 is 5.91 Å². The Morgan fingerprint density at radius 3 is 2.53 bits per heavy atom. The minimum absolute atomic E-state index is 0.0531. The van der Waals surface area contributed by atoms with E-state index in [2.05, 4.69) is 17.3 Å². The predicted octanol–water partition coefficient (Wildman–Crippen LogP) is 1.10. The number of amides is 1. The SMILES string of the molecule is CN(CCNC(=O)CC(C)(C)N)C1CCCC1. The van der Waals surface area contributed by atoms with E-state index in [1.54, 1.807) is 0 Å². The number of nitrogens with zero attached hydrogens (tertiary/aromatic N) is 1. The van der Waals surface area contributed by atoms with E-state index in [-0.39, 0.29) is 5.91 Å². The van der Waals surface area contributed by atoms with E-state index in [0.29, 0.717) is 6.42 Å². The van der Waals surface area contributed by atoms with Gasteiger partial charge in [0.2, 0.25) is 5.91 Å². The lowest BCUT2D eigenvalue weighted by atomic mass is 10.0. The van der Waals surface area contributed by atoms with E-state index in [4.69, 9.17) is 5.73 Å². The van der Waals surface area contributed by atoms with E-state index < -0.39 is 5.54 Å². The molecule has 100 valence electrons. The molecular weight excluding hydrogens is 214 g/mol. The summed E-state index contributed by atoms with van der Waals surface area (Å²) in [4.78, 5) is 13.9. The van der Waals surface area contributed by atoms with Gasteiger partial charge in [-0.1, -0.05) is 12.8 Å². The fourth-order valence-corrected chi connectivity index (χ4v) is 2.38. The van der Waals surface area contributed by atoms with Crippen molar-refractivity contribution in [3.05, 3.63) is 0 Å². The van der Waals surface area contributed by atoms with E-state index in [1.165, 1.54) is 25.7 Å². The molecule has 4 nitrogen and oxygen atoms in total. The molecule has 0 aromatic carbocycles. The third-order valence-electron chi connectivity index (χ3n) is 3.35. The quantitative estimate of drug-likeness (QED) is 0.732. The predicted molar refractivity (Wildman–Crippen MR) is 70.8 cm³/mol. The summed E-state index contributed by atoms with van der Waals surface area (Å²) >= 11 is 0. The van der Waals surface area contributed by atoms with Gasteiger partial charge in [-0.3, -0.25) is 4.79 Å². The fourth-order valence-electron chi connectivity index (χ4n) is 2.38. The highest BCUT2D eigenvalue weighted by atomic mass is 16.1. The highest BCUT2D eigenvalue weighted by Gasteiger charge is 2.19. The Balaban J connectivity index is 2.12. The summed E-state index contributed by atoms with van der Waals surface area (Å²) in [7, 11) is 2.15. The van der Waals surface area contributed by atoms with Gasteiger partial charge in [-0.25, -0.2) is 0 Å². The molecule has 3 N–H and O–H groups in total. The van der Waals surface area contributed by atoms with Crippen LogP contribution in [0.4, 0.5) is 0 Å². The van der Waals surface area contributed by atoms with Gasteiger partial charge >= 0.3 is 0 Å². The average molecular weight is 241 g/mol. The number of likely N-dealkylation sites (N-methyl/N-ethyl adjacent to an activating group) is 1. The lowest BCUT2D eigenvalue weighted by molar-refractivity contribution is -0.122. The Morgan fingerprint density at radius 2 is 2.00 bits per heavy atom. The Kier molecular flexibility index (Phi) is 5.40. The van der Waals surface area contributed by atoms with Crippen molar-refractivity contribution in [2.24, 2.45) is 5.73 Å². The first-order chi connectivity index (χ1) is 7.88. The number of nitrogens with one attached hydrogen (secondary N) is 1. The van der Waals surface area contributed by atoms with Gasteiger partial charge in [0.25, 0.3) is 0 Å². The number of hydrogen-bond donors (Lipinski definition) is 2. The van der Waals surface area contributed by atoms with Crippen LogP contribution < -0.4 is 11.1 Å². The van der Waals surface area contributed by atoms with Gasteiger partial charge in [0.1, 0.15) is 0 Å². The monoisotopic (exact) mass is 241 g/mol. The zero-order chi connectivity index (χ0) is 12.9. The highest BCUT2D eigenvalue weighted by Crippen LogP contribution is 2.21. The Bertz CT molecular complexity index is 242. The van der Waals surface area contributed by atoms with E-state index >= 15 is 0 Å². The number of hydrogen-bond acceptors (Lipinski definition) is 3. The molecule has 1 aliphatic carbocycles. The summed E-state index contributed by atoms with van der Waals surface area (Å²) in [6, 6.07) is 0.720. The second-order valence-corrected chi connectivity index (χ2v) is 5.93. The van der Waals surface area contributed by atoms with E-state index in [1.807, 2.05) is 13.8 Å². The van der Waals surface area contributed by atoms with Crippen LogP contribution in [0, 0.1) is 0 Å². The first-order valence-corrected chi connectivity index (χ1v) is 6.64. The molecule has 0 heterocycles. The lowest BCUT2D eigenvalue weighted by Gasteiger charge is -2.24. The molecule has 4 heteroatoms. The van der Waals surface area contributed by atoms with Crippen LogP contribution in [0.25, 0.3) is 0 Å². The normalized spacial score (nSPS) is 17.7. The Morgan fingerprint density at radius 1 is 1.41 bits per heavy atom. The first kappa shape index (κ1) is 14.5. The van der Waals surface area contributed by atoms with Crippen LogP contribution in [-0.2, 0) is 4.79 Å². The molecule has 0 aromatic rings. The molecule has 0 radical (unpaired) electrons. The molecule has 1 aliphatic rings. The van der Waals surface area contributed by atoms with Crippen molar-refractivity contribution in [1.82, 2.24) is 10.2 Å².